The predicted molar refractivity (Wildman–Crippen MR) is 140 cm³/mol. The molecule has 5 aliphatic rings. The molecule has 1 unspecified atom stereocenters. The molecule has 2 saturated heterocycles. The number of anilines is 2. The molecule has 1 aliphatic carbocycles. The van der Waals surface area contributed by atoms with E-state index >= 15 is 0 Å². The minimum absolute atomic E-state index is 0.142. The third-order valence-corrected chi connectivity index (χ3v) is 9.39. The van der Waals surface area contributed by atoms with Crippen LogP contribution in [0.25, 0.3) is 0 Å². The van der Waals surface area contributed by atoms with Crippen molar-refractivity contribution in [3.05, 3.63) is 77.0 Å². The summed E-state index contributed by atoms with van der Waals surface area (Å²) in [4.78, 5) is 24.5. The van der Waals surface area contributed by atoms with E-state index in [4.69, 9.17) is 20.7 Å². The molecule has 2 bridgehead atoms. The van der Waals surface area contributed by atoms with Crippen LogP contribution >= 0.6 is 0 Å². The second kappa shape index (κ2) is 7.59. The topological polar surface area (TPSA) is 83.5 Å². The fourth-order valence-corrected chi connectivity index (χ4v) is 7.86. The largest absolute Gasteiger partial charge is 0.349 e. The number of rotatable bonds is 1. The molecule has 6 heterocycles. The molecule has 2 fully saturated rings. The number of hydrogen-bond donors (Lipinski definition) is 1. The van der Waals surface area contributed by atoms with Crippen LogP contribution in [0, 0.1) is 5.41 Å². The zero-order valence-corrected chi connectivity index (χ0v) is 20.5. The summed E-state index contributed by atoms with van der Waals surface area (Å²) < 4.78 is 0. The smallest absolute Gasteiger partial charge is 0.156 e. The van der Waals surface area contributed by atoms with Crippen molar-refractivity contribution in [3.8, 4) is 0 Å². The number of aliphatic imine (C=N–C) groups is 1. The molecule has 3 aromatic rings. The van der Waals surface area contributed by atoms with Crippen LogP contribution in [0.2, 0.25) is 0 Å². The van der Waals surface area contributed by atoms with Crippen molar-refractivity contribution in [2.45, 2.75) is 69.6 Å². The van der Waals surface area contributed by atoms with Crippen LogP contribution in [0.1, 0.15) is 66.4 Å². The average molecular weight is 478 g/mol. The Labute approximate surface area is 211 Å². The third kappa shape index (κ3) is 2.89. The molecule has 4 atom stereocenters. The quantitative estimate of drug-likeness (QED) is 0.571. The van der Waals surface area contributed by atoms with Crippen LogP contribution in [-0.2, 0) is 19.4 Å². The summed E-state index contributed by atoms with van der Waals surface area (Å²) in [5, 5.41) is 0. The summed E-state index contributed by atoms with van der Waals surface area (Å²) in [7, 11) is 0. The highest BCUT2D eigenvalue weighted by Gasteiger charge is 2.54. The van der Waals surface area contributed by atoms with Crippen molar-refractivity contribution in [2.75, 3.05) is 16.3 Å². The Bertz CT molecular complexity index is 1380. The van der Waals surface area contributed by atoms with E-state index < -0.39 is 0 Å². The standard InChI is InChI=1S/C29H31N7/c30-27-21-6-2-1-5-18(21)13-29(27)14-19-9-10-20(15-29)36(19)25-17-32-26-23(34-25)16-33-28(26)35-12-4-7-22-24(35)8-3-11-31-22/h1-3,5-6,8,11,17,19-20,27H,4,7,9-10,12-16,30H2/t19-,20+,27-,29?/m1/s1. The third-order valence-electron chi connectivity index (χ3n) is 9.39. The van der Waals surface area contributed by atoms with Crippen molar-refractivity contribution in [2.24, 2.45) is 16.1 Å². The summed E-state index contributed by atoms with van der Waals surface area (Å²) in [6, 6.07) is 14.1. The summed E-state index contributed by atoms with van der Waals surface area (Å²) in [5.41, 5.74) is 14.2. The molecule has 7 heteroatoms. The first-order valence-corrected chi connectivity index (χ1v) is 13.4. The molecule has 182 valence electrons. The van der Waals surface area contributed by atoms with Gasteiger partial charge in [0.1, 0.15) is 11.5 Å². The van der Waals surface area contributed by atoms with Crippen molar-refractivity contribution >= 4 is 17.3 Å². The highest BCUT2D eigenvalue weighted by Crippen LogP contribution is 2.57. The molecule has 0 radical (unpaired) electrons. The first-order chi connectivity index (χ1) is 17.7. The average Bonchev–Trinajstić information content (AvgIpc) is 3.54. The zero-order chi connectivity index (χ0) is 23.9. The van der Waals surface area contributed by atoms with E-state index in [-0.39, 0.29) is 11.5 Å². The Morgan fingerprint density at radius 2 is 1.83 bits per heavy atom. The maximum Gasteiger partial charge on any atom is 0.156 e. The molecule has 7 nitrogen and oxygen atoms in total. The molecule has 0 saturated carbocycles. The molecule has 2 aromatic heterocycles. The van der Waals surface area contributed by atoms with Crippen LogP contribution in [-0.4, -0.2) is 39.4 Å². The van der Waals surface area contributed by atoms with Crippen LogP contribution in [0.5, 0.6) is 0 Å². The summed E-state index contributed by atoms with van der Waals surface area (Å²) in [5.74, 6) is 1.98. The van der Waals surface area contributed by atoms with Gasteiger partial charge >= 0.3 is 0 Å². The normalized spacial score (nSPS) is 29.8. The van der Waals surface area contributed by atoms with Crippen molar-refractivity contribution in [1.29, 1.82) is 0 Å². The Hall–Kier alpha value is -3.32. The van der Waals surface area contributed by atoms with E-state index in [2.05, 4.69) is 45.1 Å². The van der Waals surface area contributed by atoms with Crippen molar-refractivity contribution < 1.29 is 0 Å². The lowest BCUT2D eigenvalue weighted by molar-refractivity contribution is 0.155. The molecule has 8 rings (SSSR count). The minimum atomic E-state index is 0.142. The van der Waals surface area contributed by atoms with Crippen molar-refractivity contribution in [1.82, 2.24) is 15.0 Å². The predicted octanol–water partition coefficient (Wildman–Crippen LogP) is 3.96. The van der Waals surface area contributed by atoms with Crippen molar-refractivity contribution in [3.63, 3.8) is 0 Å². The van der Waals surface area contributed by atoms with Gasteiger partial charge in [-0.05, 0) is 73.6 Å². The lowest BCUT2D eigenvalue weighted by atomic mass is 9.70. The van der Waals surface area contributed by atoms with Crippen LogP contribution in [0.3, 0.4) is 0 Å². The lowest BCUT2D eigenvalue weighted by Gasteiger charge is -2.47. The number of pyridine rings is 1. The maximum absolute atomic E-state index is 6.92. The van der Waals surface area contributed by atoms with Gasteiger partial charge in [-0.2, -0.15) is 0 Å². The van der Waals surface area contributed by atoms with Gasteiger partial charge in [0.05, 0.1) is 29.8 Å². The Morgan fingerprint density at radius 1 is 0.972 bits per heavy atom. The lowest BCUT2D eigenvalue weighted by Crippen LogP contribution is -2.51. The second-order valence-electron chi connectivity index (χ2n) is 11.3. The van der Waals surface area contributed by atoms with Crippen LogP contribution in [0.15, 0.2) is 53.8 Å². The van der Waals surface area contributed by atoms with Gasteiger partial charge in [0.2, 0.25) is 0 Å². The highest BCUT2D eigenvalue weighted by atomic mass is 15.3. The molecule has 2 N–H and O–H groups in total. The second-order valence-corrected chi connectivity index (χ2v) is 11.3. The molecule has 36 heavy (non-hydrogen) atoms. The molecule has 1 aromatic carbocycles. The van der Waals surface area contributed by atoms with Crippen LogP contribution < -0.4 is 15.5 Å². The number of aromatic nitrogens is 3. The minimum Gasteiger partial charge on any atom is -0.349 e. The number of benzene rings is 1. The number of amidine groups is 1. The highest BCUT2D eigenvalue weighted by molar-refractivity contribution is 6.11. The number of aryl methyl sites for hydroxylation is 1. The molecular weight excluding hydrogens is 446 g/mol. The van der Waals surface area contributed by atoms with Gasteiger partial charge in [-0.1, -0.05) is 24.3 Å². The van der Waals surface area contributed by atoms with Gasteiger partial charge in [0.25, 0.3) is 0 Å². The van der Waals surface area contributed by atoms with Gasteiger partial charge in [-0.15, -0.1) is 0 Å². The number of piperidine rings is 1. The number of nitrogens with two attached hydrogens (primary N) is 1. The van der Waals surface area contributed by atoms with E-state index in [1.807, 2.05) is 18.5 Å². The van der Waals surface area contributed by atoms with Gasteiger partial charge in [-0.3, -0.25) is 9.98 Å². The summed E-state index contributed by atoms with van der Waals surface area (Å²) >= 11 is 0. The monoisotopic (exact) mass is 477 g/mol. The Morgan fingerprint density at radius 3 is 2.69 bits per heavy atom. The molecule has 1 spiro atoms. The van der Waals surface area contributed by atoms with E-state index in [9.17, 15) is 0 Å². The van der Waals surface area contributed by atoms with Gasteiger partial charge in [0, 0.05) is 30.9 Å². The number of nitrogens with zero attached hydrogens (tertiary/aromatic N) is 6. The van der Waals surface area contributed by atoms with Gasteiger partial charge < -0.3 is 15.5 Å². The molecule has 0 amide bonds. The van der Waals surface area contributed by atoms with E-state index in [0.29, 0.717) is 18.6 Å². The molecular formula is C29H31N7. The number of fused-ring (bicyclic) bond motifs is 5. The zero-order valence-electron chi connectivity index (χ0n) is 20.5. The molecule has 4 aliphatic heterocycles. The Kier molecular flexibility index (Phi) is 4.39. The SMILES string of the molecule is N[C@@H]1c2ccccc2CC12C[C@H]1CC[C@@H](C2)N1c1cnc2c(n1)CN=C2N1CCCc2ncccc21. The maximum atomic E-state index is 6.92. The fourth-order valence-electron chi connectivity index (χ4n) is 7.86. The van der Waals surface area contributed by atoms with E-state index in [1.54, 1.807) is 0 Å². The van der Waals surface area contributed by atoms with E-state index in [0.717, 1.165) is 73.1 Å². The fraction of sp³-hybridized carbons (Fsp3) is 0.448. The van der Waals surface area contributed by atoms with Crippen LogP contribution in [0.4, 0.5) is 11.5 Å². The first-order valence-electron chi connectivity index (χ1n) is 13.4. The summed E-state index contributed by atoms with van der Waals surface area (Å²) in [6.45, 7) is 1.55. The Balaban J connectivity index is 1.07. The van der Waals surface area contributed by atoms with E-state index in [1.165, 1.54) is 24.0 Å². The number of hydrogen-bond acceptors (Lipinski definition) is 7. The van der Waals surface area contributed by atoms with Gasteiger partial charge in [0.15, 0.2) is 5.84 Å². The summed E-state index contributed by atoms with van der Waals surface area (Å²) in [6.07, 6.45) is 11.8. The van der Waals surface area contributed by atoms with Gasteiger partial charge in [-0.25, -0.2) is 9.97 Å². The first kappa shape index (κ1) is 20.8.